The van der Waals surface area contributed by atoms with E-state index < -0.39 is 0 Å². The van der Waals surface area contributed by atoms with E-state index >= 15 is 0 Å². The number of thiazole rings is 1. The summed E-state index contributed by atoms with van der Waals surface area (Å²) in [4.78, 5) is 16.8. The van der Waals surface area contributed by atoms with Gasteiger partial charge in [-0.3, -0.25) is 4.79 Å². The summed E-state index contributed by atoms with van der Waals surface area (Å²) in [6, 6.07) is 0. The van der Waals surface area contributed by atoms with E-state index in [-0.39, 0.29) is 11.7 Å². The molecule has 2 nitrogen and oxygen atoms in total. The topological polar surface area (TPSA) is 30.0 Å². The maximum absolute atomic E-state index is 11.4. The second-order valence-corrected chi connectivity index (χ2v) is 5.03. The van der Waals surface area contributed by atoms with Crippen LogP contribution in [0.2, 0.25) is 0 Å². The van der Waals surface area contributed by atoms with E-state index in [2.05, 4.69) is 18.8 Å². The van der Waals surface area contributed by atoms with Crippen molar-refractivity contribution in [2.75, 3.05) is 0 Å². The van der Waals surface area contributed by atoms with Gasteiger partial charge < -0.3 is 0 Å². The van der Waals surface area contributed by atoms with Crippen LogP contribution >= 0.6 is 11.3 Å². The van der Waals surface area contributed by atoms with Crippen LogP contribution in [0.5, 0.6) is 0 Å². The summed E-state index contributed by atoms with van der Waals surface area (Å²) in [6.07, 6.45) is 3.54. The summed E-state index contributed by atoms with van der Waals surface area (Å²) >= 11 is 1.58. The number of rotatable bonds is 4. The van der Waals surface area contributed by atoms with Crippen molar-refractivity contribution in [3.05, 3.63) is 22.2 Å². The number of nitrogens with zero attached hydrogens (tertiary/aromatic N) is 1. The zero-order valence-electron chi connectivity index (χ0n) is 9.65. The zero-order chi connectivity index (χ0) is 11.4. The molecule has 0 radical (unpaired) electrons. The van der Waals surface area contributed by atoms with Gasteiger partial charge in [0.05, 0.1) is 16.1 Å². The van der Waals surface area contributed by atoms with Crippen LogP contribution in [-0.4, -0.2) is 10.8 Å². The molecule has 82 valence electrons. The minimum absolute atomic E-state index is 0.0664. The van der Waals surface area contributed by atoms with Gasteiger partial charge in [-0.05, 0) is 18.1 Å². The molecular weight excluding hydrogens is 206 g/mol. The fourth-order valence-corrected chi connectivity index (χ4v) is 2.01. The molecule has 0 saturated heterocycles. The van der Waals surface area contributed by atoms with Crippen molar-refractivity contribution >= 4 is 23.2 Å². The van der Waals surface area contributed by atoms with Crippen LogP contribution in [0.4, 0.5) is 0 Å². The molecule has 0 fully saturated rings. The Balaban J connectivity index is 2.81. The number of hydrogen-bond acceptors (Lipinski definition) is 3. The minimum Gasteiger partial charge on any atom is -0.295 e. The highest BCUT2D eigenvalue weighted by Gasteiger charge is 2.08. The van der Waals surface area contributed by atoms with Crippen molar-refractivity contribution < 1.29 is 4.79 Å². The lowest BCUT2D eigenvalue weighted by Crippen LogP contribution is -2.01. The average molecular weight is 223 g/mol. The maximum atomic E-state index is 11.4. The summed E-state index contributed by atoms with van der Waals surface area (Å²) < 4.78 is 0. The molecule has 0 amide bonds. The van der Waals surface area contributed by atoms with Gasteiger partial charge in [0.25, 0.3) is 0 Å². The first-order valence-electron chi connectivity index (χ1n) is 5.17. The van der Waals surface area contributed by atoms with E-state index in [9.17, 15) is 4.79 Å². The SMILES string of the molecule is CC(C)C(=O)C=Cc1scnc1C(C)C. The van der Waals surface area contributed by atoms with Crippen molar-refractivity contribution in [3.8, 4) is 0 Å². The summed E-state index contributed by atoms with van der Waals surface area (Å²) in [7, 11) is 0. The van der Waals surface area contributed by atoms with Crippen LogP contribution < -0.4 is 0 Å². The molecule has 0 aromatic carbocycles. The molecule has 3 heteroatoms. The van der Waals surface area contributed by atoms with Gasteiger partial charge in [0.2, 0.25) is 0 Å². The highest BCUT2D eigenvalue weighted by Crippen LogP contribution is 2.22. The highest BCUT2D eigenvalue weighted by atomic mass is 32.1. The number of ketones is 1. The predicted octanol–water partition coefficient (Wildman–Crippen LogP) is 3.50. The van der Waals surface area contributed by atoms with Crippen LogP contribution in [0, 0.1) is 5.92 Å². The van der Waals surface area contributed by atoms with Gasteiger partial charge in [-0.2, -0.15) is 0 Å². The highest BCUT2D eigenvalue weighted by molar-refractivity contribution is 7.10. The summed E-state index contributed by atoms with van der Waals surface area (Å²) in [5, 5.41) is 0. The Bertz CT molecular complexity index is 363. The Morgan fingerprint density at radius 2 is 2.07 bits per heavy atom. The molecule has 0 aliphatic heterocycles. The third-order valence-corrected chi connectivity index (χ3v) is 2.95. The molecule has 0 unspecified atom stereocenters. The monoisotopic (exact) mass is 223 g/mol. The molecule has 0 saturated carbocycles. The standard InChI is InChI=1S/C12H17NOS/c1-8(2)10(14)5-6-11-12(9(3)4)13-7-15-11/h5-9H,1-4H3. The normalized spacial score (nSPS) is 11.9. The smallest absolute Gasteiger partial charge is 0.158 e. The van der Waals surface area contributed by atoms with E-state index in [1.165, 1.54) is 0 Å². The van der Waals surface area contributed by atoms with Gasteiger partial charge in [0.1, 0.15) is 0 Å². The number of carbonyl (C=O) groups is 1. The molecule has 1 aromatic rings. The average Bonchev–Trinajstić information content (AvgIpc) is 2.61. The molecule has 0 spiro atoms. The first-order valence-corrected chi connectivity index (χ1v) is 6.05. The molecular formula is C12H17NOS. The molecule has 0 aliphatic carbocycles. The van der Waals surface area contributed by atoms with Crippen LogP contribution in [0.1, 0.15) is 44.2 Å². The molecule has 0 bridgehead atoms. The van der Waals surface area contributed by atoms with Gasteiger partial charge in [-0.1, -0.05) is 27.7 Å². The second kappa shape index (κ2) is 5.21. The summed E-state index contributed by atoms with van der Waals surface area (Å²) in [5.41, 5.74) is 2.90. The molecule has 0 N–H and O–H groups in total. The van der Waals surface area contributed by atoms with Crippen molar-refractivity contribution in [1.82, 2.24) is 4.98 Å². The van der Waals surface area contributed by atoms with Crippen LogP contribution in [0.15, 0.2) is 11.6 Å². The zero-order valence-corrected chi connectivity index (χ0v) is 10.5. The van der Waals surface area contributed by atoms with E-state index in [1.807, 2.05) is 25.4 Å². The Morgan fingerprint density at radius 1 is 1.40 bits per heavy atom. The first kappa shape index (κ1) is 12.1. The second-order valence-electron chi connectivity index (χ2n) is 4.15. The quantitative estimate of drug-likeness (QED) is 0.731. The van der Waals surface area contributed by atoms with Crippen molar-refractivity contribution in [1.29, 1.82) is 0 Å². The maximum Gasteiger partial charge on any atom is 0.158 e. The Labute approximate surface area is 95.0 Å². The minimum atomic E-state index is 0.0664. The number of allylic oxidation sites excluding steroid dienone is 1. The van der Waals surface area contributed by atoms with Crippen molar-refractivity contribution in [2.24, 2.45) is 5.92 Å². The third-order valence-electron chi connectivity index (χ3n) is 2.14. The molecule has 15 heavy (non-hydrogen) atoms. The number of hydrogen-bond donors (Lipinski definition) is 0. The summed E-state index contributed by atoms with van der Waals surface area (Å²) in [5.74, 6) is 0.639. The fourth-order valence-electron chi connectivity index (χ4n) is 1.17. The Kier molecular flexibility index (Phi) is 4.21. The van der Waals surface area contributed by atoms with Crippen molar-refractivity contribution in [3.63, 3.8) is 0 Å². The van der Waals surface area contributed by atoms with Gasteiger partial charge in [-0.25, -0.2) is 4.98 Å². The number of carbonyl (C=O) groups excluding carboxylic acids is 1. The molecule has 0 aliphatic rings. The van der Waals surface area contributed by atoms with Gasteiger partial charge in [0, 0.05) is 5.92 Å². The fraction of sp³-hybridized carbons (Fsp3) is 0.500. The lowest BCUT2D eigenvalue weighted by Gasteiger charge is -2.01. The van der Waals surface area contributed by atoms with Crippen LogP contribution in [0.25, 0.3) is 6.08 Å². The van der Waals surface area contributed by atoms with E-state index in [4.69, 9.17) is 0 Å². The molecule has 1 rings (SSSR count). The van der Waals surface area contributed by atoms with Crippen LogP contribution in [0.3, 0.4) is 0 Å². The van der Waals surface area contributed by atoms with Gasteiger partial charge in [-0.15, -0.1) is 11.3 Å². The van der Waals surface area contributed by atoms with E-state index in [0.29, 0.717) is 5.92 Å². The van der Waals surface area contributed by atoms with Gasteiger partial charge >= 0.3 is 0 Å². The third kappa shape index (κ3) is 3.27. The lowest BCUT2D eigenvalue weighted by molar-refractivity contribution is -0.117. The van der Waals surface area contributed by atoms with Crippen LogP contribution in [-0.2, 0) is 4.79 Å². The largest absolute Gasteiger partial charge is 0.295 e. The van der Waals surface area contributed by atoms with Gasteiger partial charge in [0.15, 0.2) is 5.78 Å². The van der Waals surface area contributed by atoms with Crippen molar-refractivity contribution in [2.45, 2.75) is 33.6 Å². The predicted molar refractivity (Wildman–Crippen MR) is 65.1 cm³/mol. The lowest BCUT2D eigenvalue weighted by atomic mass is 10.1. The Hall–Kier alpha value is -0.960. The molecule has 0 atom stereocenters. The first-order chi connectivity index (χ1) is 7.02. The molecule has 1 aromatic heterocycles. The summed E-state index contributed by atoms with van der Waals surface area (Å²) in [6.45, 7) is 8.03. The number of aromatic nitrogens is 1. The Morgan fingerprint density at radius 3 is 2.60 bits per heavy atom. The molecule has 1 heterocycles. The van der Waals surface area contributed by atoms with E-state index in [1.54, 1.807) is 17.4 Å². The van der Waals surface area contributed by atoms with E-state index in [0.717, 1.165) is 10.6 Å².